The van der Waals surface area contributed by atoms with Gasteiger partial charge in [0.25, 0.3) is 0 Å². The second-order valence-corrected chi connectivity index (χ2v) is 8.83. The number of fused-ring (bicyclic) bond motifs is 1. The molecule has 0 spiro atoms. The number of aromatic nitrogens is 1. The summed E-state index contributed by atoms with van der Waals surface area (Å²) in [6, 6.07) is 43.2. The summed E-state index contributed by atoms with van der Waals surface area (Å²) in [5, 5.41) is 1.21. The fourth-order valence-electron chi connectivity index (χ4n) is 4.81. The molecule has 0 amide bonds. The number of hydrogen-bond donors (Lipinski definition) is 0. The van der Waals surface area contributed by atoms with Crippen LogP contribution in [0.5, 0.6) is 0 Å². The molecule has 5 aromatic rings. The molecular formula is C32H29N. The number of pyridine rings is 1. The van der Waals surface area contributed by atoms with Crippen LogP contribution in [0.4, 0.5) is 0 Å². The average molecular weight is 428 g/mol. The lowest BCUT2D eigenvalue weighted by atomic mass is 9.83. The van der Waals surface area contributed by atoms with Crippen molar-refractivity contribution in [3.05, 3.63) is 138 Å². The van der Waals surface area contributed by atoms with Gasteiger partial charge >= 0.3 is 0 Å². The molecule has 0 saturated heterocycles. The fraction of sp³-hybridized carbons (Fsp3) is 0.156. The number of para-hydroxylation sites is 1. The third kappa shape index (κ3) is 4.73. The van der Waals surface area contributed by atoms with Crippen LogP contribution in [-0.2, 0) is 0 Å². The summed E-state index contributed by atoms with van der Waals surface area (Å²) in [6.45, 7) is 2.35. The summed E-state index contributed by atoms with van der Waals surface area (Å²) in [6.07, 6.45) is 2.20. The van der Waals surface area contributed by atoms with E-state index in [0.717, 1.165) is 29.6 Å². The summed E-state index contributed by atoms with van der Waals surface area (Å²) >= 11 is 0. The monoisotopic (exact) mass is 427 g/mol. The molecule has 162 valence electrons. The summed E-state index contributed by atoms with van der Waals surface area (Å²) in [5.41, 5.74) is 7.44. The molecule has 1 heterocycles. The second kappa shape index (κ2) is 9.83. The molecule has 0 radical (unpaired) electrons. The molecule has 0 N–H and O–H groups in total. The lowest BCUT2D eigenvalue weighted by Gasteiger charge is -2.21. The van der Waals surface area contributed by atoms with E-state index in [1.807, 2.05) is 6.07 Å². The number of benzene rings is 4. The Balaban J connectivity index is 1.44. The van der Waals surface area contributed by atoms with E-state index in [9.17, 15) is 0 Å². The van der Waals surface area contributed by atoms with Crippen molar-refractivity contribution in [1.82, 2.24) is 4.98 Å². The lowest BCUT2D eigenvalue weighted by molar-refractivity contribution is 0.593. The zero-order valence-corrected chi connectivity index (χ0v) is 19.1. The molecule has 1 atom stereocenters. The van der Waals surface area contributed by atoms with Gasteiger partial charge in [-0.1, -0.05) is 122 Å². The first kappa shape index (κ1) is 21.2. The van der Waals surface area contributed by atoms with E-state index in [1.54, 1.807) is 0 Å². The molecular weight excluding hydrogens is 398 g/mol. The van der Waals surface area contributed by atoms with E-state index in [1.165, 1.54) is 22.1 Å². The molecule has 4 aromatic carbocycles. The Morgan fingerprint density at radius 3 is 1.82 bits per heavy atom. The highest BCUT2D eigenvalue weighted by atomic mass is 14.7. The van der Waals surface area contributed by atoms with Crippen molar-refractivity contribution >= 4 is 10.9 Å². The van der Waals surface area contributed by atoms with E-state index >= 15 is 0 Å². The van der Waals surface area contributed by atoms with Crippen LogP contribution < -0.4 is 0 Å². The van der Waals surface area contributed by atoms with Gasteiger partial charge in [-0.2, -0.15) is 0 Å². The van der Waals surface area contributed by atoms with Crippen LogP contribution in [0.25, 0.3) is 22.2 Å². The zero-order valence-electron chi connectivity index (χ0n) is 19.1. The highest BCUT2D eigenvalue weighted by molar-refractivity contribution is 5.84. The minimum absolute atomic E-state index is 0.401. The largest absolute Gasteiger partial charge is 0.247 e. The molecule has 5 rings (SSSR count). The summed E-state index contributed by atoms with van der Waals surface area (Å²) < 4.78 is 0. The molecule has 33 heavy (non-hydrogen) atoms. The minimum atomic E-state index is 0.401. The maximum atomic E-state index is 5.11. The van der Waals surface area contributed by atoms with Crippen LogP contribution in [0.3, 0.4) is 0 Å². The van der Waals surface area contributed by atoms with Gasteiger partial charge in [0.2, 0.25) is 0 Å². The summed E-state index contributed by atoms with van der Waals surface area (Å²) in [5.74, 6) is 0.819. The first-order valence-electron chi connectivity index (χ1n) is 11.8. The molecule has 0 aliphatic rings. The Labute approximate surface area is 196 Å². The maximum Gasteiger partial charge on any atom is 0.0744 e. The first-order chi connectivity index (χ1) is 16.3. The van der Waals surface area contributed by atoms with Crippen LogP contribution in [0.15, 0.2) is 121 Å². The van der Waals surface area contributed by atoms with Gasteiger partial charge in [-0.25, -0.2) is 4.98 Å². The Bertz CT molecular complexity index is 1270. The average Bonchev–Trinajstić information content (AvgIpc) is 2.90. The van der Waals surface area contributed by atoms with Crippen molar-refractivity contribution in [1.29, 1.82) is 0 Å². The maximum absolute atomic E-state index is 5.11. The molecule has 1 heteroatoms. The number of rotatable bonds is 7. The van der Waals surface area contributed by atoms with Crippen molar-refractivity contribution in [2.24, 2.45) is 0 Å². The standard InChI is InChI=1S/C32H29N/c1-24(20-22-30(25-12-5-2-6-13-25)26-14-7-3-8-15-26)29-19-11-18-28-21-23-31(33-32(28)29)27-16-9-4-10-17-27/h2-19,21,23-24,30H,20,22H2,1H3. The third-order valence-corrected chi connectivity index (χ3v) is 6.64. The number of nitrogens with zero attached hydrogens (tertiary/aromatic N) is 1. The van der Waals surface area contributed by atoms with E-state index in [4.69, 9.17) is 4.98 Å². The Hall–Kier alpha value is -3.71. The van der Waals surface area contributed by atoms with Crippen molar-refractivity contribution in [2.75, 3.05) is 0 Å². The van der Waals surface area contributed by atoms with Crippen LogP contribution in [0.1, 0.15) is 48.3 Å². The lowest BCUT2D eigenvalue weighted by Crippen LogP contribution is -2.05. The van der Waals surface area contributed by atoms with Gasteiger partial charge in [0.15, 0.2) is 0 Å². The van der Waals surface area contributed by atoms with Gasteiger partial charge in [-0.3, -0.25) is 0 Å². The van der Waals surface area contributed by atoms with Crippen molar-refractivity contribution in [2.45, 2.75) is 31.6 Å². The van der Waals surface area contributed by atoms with E-state index in [-0.39, 0.29) is 0 Å². The topological polar surface area (TPSA) is 12.9 Å². The summed E-state index contributed by atoms with van der Waals surface area (Å²) in [7, 11) is 0. The van der Waals surface area contributed by atoms with Gasteiger partial charge in [0, 0.05) is 16.9 Å². The van der Waals surface area contributed by atoms with Crippen molar-refractivity contribution in [3.8, 4) is 11.3 Å². The Morgan fingerprint density at radius 1 is 0.576 bits per heavy atom. The SMILES string of the molecule is CC(CCC(c1ccccc1)c1ccccc1)c1cccc2ccc(-c3ccccc3)nc12. The first-order valence-corrected chi connectivity index (χ1v) is 11.8. The smallest absolute Gasteiger partial charge is 0.0744 e. The summed E-state index contributed by atoms with van der Waals surface area (Å²) in [4.78, 5) is 5.11. The van der Waals surface area contributed by atoms with Gasteiger partial charge in [0.1, 0.15) is 0 Å². The Morgan fingerprint density at radius 2 is 1.18 bits per heavy atom. The third-order valence-electron chi connectivity index (χ3n) is 6.64. The minimum Gasteiger partial charge on any atom is -0.247 e. The molecule has 0 aliphatic carbocycles. The van der Waals surface area contributed by atoms with Crippen LogP contribution in [-0.4, -0.2) is 4.98 Å². The zero-order chi connectivity index (χ0) is 22.5. The van der Waals surface area contributed by atoms with Gasteiger partial charge in [-0.05, 0) is 41.5 Å². The highest BCUT2D eigenvalue weighted by Crippen LogP contribution is 2.35. The van der Waals surface area contributed by atoms with Crippen LogP contribution in [0.2, 0.25) is 0 Å². The molecule has 1 nitrogen and oxygen atoms in total. The van der Waals surface area contributed by atoms with Crippen molar-refractivity contribution in [3.63, 3.8) is 0 Å². The second-order valence-electron chi connectivity index (χ2n) is 8.83. The quantitative estimate of drug-likeness (QED) is 0.253. The van der Waals surface area contributed by atoms with Crippen molar-refractivity contribution < 1.29 is 0 Å². The van der Waals surface area contributed by atoms with E-state index < -0.39 is 0 Å². The van der Waals surface area contributed by atoms with Gasteiger partial charge in [-0.15, -0.1) is 0 Å². The predicted molar refractivity (Wildman–Crippen MR) is 140 cm³/mol. The molecule has 0 fully saturated rings. The molecule has 0 aliphatic heterocycles. The molecule has 0 saturated carbocycles. The van der Waals surface area contributed by atoms with Crippen LogP contribution in [0, 0.1) is 0 Å². The predicted octanol–water partition coefficient (Wildman–Crippen LogP) is 8.62. The highest BCUT2D eigenvalue weighted by Gasteiger charge is 2.18. The number of hydrogen-bond acceptors (Lipinski definition) is 1. The van der Waals surface area contributed by atoms with Gasteiger partial charge < -0.3 is 0 Å². The van der Waals surface area contributed by atoms with Crippen LogP contribution >= 0.6 is 0 Å². The molecule has 0 bridgehead atoms. The normalized spacial score (nSPS) is 12.2. The molecule has 1 unspecified atom stereocenters. The Kier molecular flexibility index (Phi) is 6.30. The van der Waals surface area contributed by atoms with Gasteiger partial charge in [0.05, 0.1) is 11.2 Å². The fourth-order valence-corrected chi connectivity index (χ4v) is 4.81. The van der Waals surface area contributed by atoms with E-state index in [2.05, 4.69) is 122 Å². The van der Waals surface area contributed by atoms with E-state index in [0.29, 0.717) is 11.8 Å². The molecule has 1 aromatic heterocycles.